The maximum atomic E-state index is 13.4. The van der Waals surface area contributed by atoms with Gasteiger partial charge in [0.2, 0.25) is 0 Å². The molecule has 3 heterocycles. The number of anilines is 1. The van der Waals surface area contributed by atoms with Gasteiger partial charge in [-0.2, -0.15) is 10.2 Å². The first-order valence-corrected chi connectivity index (χ1v) is 10.2. The van der Waals surface area contributed by atoms with Gasteiger partial charge in [0.25, 0.3) is 5.91 Å². The number of carbonyl (C=O) groups is 1. The Morgan fingerprint density at radius 2 is 1.73 bits per heavy atom. The number of rotatable bonds is 5. The molecule has 1 amide bonds. The molecule has 0 atom stereocenters. The van der Waals surface area contributed by atoms with E-state index in [1.807, 2.05) is 74.3 Å². The molecule has 3 aromatic heterocycles. The number of nitrogens with one attached hydrogen (secondary N) is 1. The van der Waals surface area contributed by atoms with E-state index < -0.39 is 0 Å². The zero-order chi connectivity index (χ0) is 21.4. The van der Waals surface area contributed by atoms with Crippen LogP contribution in [0.1, 0.15) is 41.2 Å². The van der Waals surface area contributed by atoms with Gasteiger partial charge in [-0.25, -0.2) is 9.67 Å². The molecular weight excluding hydrogens is 376 g/mol. The first-order valence-electron chi connectivity index (χ1n) is 10.2. The lowest BCUT2D eigenvalue weighted by atomic mass is 10.0. The summed E-state index contributed by atoms with van der Waals surface area (Å²) in [6, 6.07) is 10.0. The van der Waals surface area contributed by atoms with Crippen molar-refractivity contribution in [2.75, 3.05) is 5.32 Å². The van der Waals surface area contributed by atoms with Gasteiger partial charge in [0.05, 0.1) is 39.9 Å². The van der Waals surface area contributed by atoms with E-state index in [0.717, 1.165) is 40.2 Å². The van der Waals surface area contributed by atoms with Crippen LogP contribution in [0.4, 0.5) is 5.69 Å². The molecule has 0 aliphatic carbocycles. The second kappa shape index (κ2) is 7.74. The monoisotopic (exact) mass is 402 g/mol. The maximum absolute atomic E-state index is 13.4. The smallest absolute Gasteiger partial charge is 0.256 e. The van der Waals surface area contributed by atoms with E-state index in [-0.39, 0.29) is 5.91 Å². The molecule has 0 saturated heterocycles. The number of benzene rings is 1. The Bertz CT molecular complexity index is 1230. The van der Waals surface area contributed by atoms with Crippen LogP contribution >= 0.6 is 0 Å². The zero-order valence-corrected chi connectivity index (χ0v) is 18.0. The zero-order valence-electron chi connectivity index (χ0n) is 18.0. The fraction of sp³-hybridized carbons (Fsp3) is 0.304. The fourth-order valence-electron chi connectivity index (χ4n) is 3.70. The second-order valence-corrected chi connectivity index (χ2v) is 7.43. The lowest BCUT2D eigenvalue weighted by molar-refractivity contribution is 0.102. The van der Waals surface area contributed by atoms with Crippen LogP contribution in [0.25, 0.3) is 22.3 Å². The minimum Gasteiger partial charge on any atom is -0.319 e. The predicted molar refractivity (Wildman–Crippen MR) is 119 cm³/mol. The highest BCUT2D eigenvalue weighted by atomic mass is 16.1. The largest absolute Gasteiger partial charge is 0.319 e. The molecule has 1 aromatic carbocycles. The number of pyridine rings is 1. The third-order valence-corrected chi connectivity index (χ3v) is 5.42. The molecule has 0 saturated carbocycles. The van der Waals surface area contributed by atoms with Crippen LogP contribution in [0.2, 0.25) is 0 Å². The van der Waals surface area contributed by atoms with Gasteiger partial charge in [0.15, 0.2) is 5.65 Å². The van der Waals surface area contributed by atoms with Crippen LogP contribution in [0.3, 0.4) is 0 Å². The van der Waals surface area contributed by atoms with Crippen molar-refractivity contribution in [2.45, 2.75) is 47.7 Å². The number of carbonyl (C=O) groups excluding carboxylic acids is 1. The molecule has 0 bridgehead atoms. The number of aromatic nitrogens is 5. The standard InChI is InChI=1S/C23H26N6O/c1-6-28-16(5)20(13-24-28)26-23(30)18-12-19(17-10-8-14(3)9-11-17)25-22-21(18)15(4)27-29(22)7-2/h8-13H,6-7H2,1-5H3,(H,26,30). The third-order valence-electron chi connectivity index (χ3n) is 5.42. The van der Waals surface area contributed by atoms with E-state index >= 15 is 0 Å². The van der Waals surface area contributed by atoms with Crippen molar-refractivity contribution in [1.29, 1.82) is 0 Å². The number of hydrogen-bond acceptors (Lipinski definition) is 4. The molecule has 4 rings (SSSR count). The summed E-state index contributed by atoms with van der Waals surface area (Å²) in [6.45, 7) is 11.4. The SMILES string of the molecule is CCn1ncc(NC(=O)c2cc(-c3ccc(C)cc3)nc3c2c(C)nn3CC)c1C. The Hall–Kier alpha value is -3.48. The Kier molecular flexibility index (Phi) is 5.11. The Morgan fingerprint density at radius 1 is 1.03 bits per heavy atom. The summed E-state index contributed by atoms with van der Waals surface area (Å²) in [5.74, 6) is -0.187. The lowest BCUT2D eigenvalue weighted by Gasteiger charge is -2.10. The van der Waals surface area contributed by atoms with Gasteiger partial charge in [0, 0.05) is 18.7 Å². The van der Waals surface area contributed by atoms with E-state index in [1.165, 1.54) is 5.56 Å². The summed E-state index contributed by atoms with van der Waals surface area (Å²) in [4.78, 5) is 18.2. The molecule has 30 heavy (non-hydrogen) atoms. The predicted octanol–water partition coefficient (Wildman–Crippen LogP) is 4.51. The number of aryl methyl sites for hydroxylation is 4. The average molecular weight is 403 g/mol. The van der Waals surface area contributed by atoms with Gasteiger partial charge in [-0.05, 0) is 40.7 Å². The summed E-state index contributed by atoms with van der Waals surface area (Å²) in [6.07, 6.45) is 1.69. The van der Waals surface area contributed by atoms with E-state index in [2.05, 4.69) is 15.5 Å². The van der Waals surface area contributed by atoms with Crippen molar-refractivity contribution >= 4 is 22.6 Å². The second-order valence-electron chi connectivity index (χ2n) is 7.43. The van der Waals surface area contributed by atoms with Gasteiger partial charge in [-0.1, -0.05) is 29.8 Å². The molecule has 154 valence electrons. The van der Waals surface area contributed by atoms with Crippen molar-refractivity contribution < 1.29 is 4.79 Å². The third kappa shape index (κ3) is 3.36. The first kappa shape index (κ1) is 19.8. The van der Waals surface area contributed by atoms with E-state index in [4.69, 9.17) is 4.98 Å². The van der Waals surface area contributed by atoms with Crippen LogP contribution in [-0.2, 0) is 13.1 Å². The minimum absolute atomic E-state index is 0.187. The fourth-order valence-corrected chi connectivity index (χ4v) is 3.70. The molecule has 0 aliphatic rings. The van der Waals surface area contributed by atoms with Crippen molar-refractivity contribution in [1.82, 2.24) is 24.5 Å². The van der Waals surface area contributed by atoms with Crippen molar-refractivity contribution in [3.63, 3.8) is 0 Å². The highest BCUT2D eigenvalue weighted by molar-refractivity contribution is 6.13. The number of nitrogens with zero attached hydrogens (tertiary/aromatic N) is 5. The molecule has 0 radical (unpaired) electrons. The summed E-state index contributed by atoms with van der Waals surface area (Å²) in [5, 5.41) is 12.7. The molecule has 0 spiro atoms. The Morgan fingerprint density at radius 3 is 2.37 bits per heavy atom. The molecular formula is C23H26N6O. The van der Waals surface area contributed by atoms with E-state index in [1.54, 1.807) is 6.20 Å². The summed E-state index contributed by atoms with van der Waals surface area (Å²) < 4.78 is 3.70. The molecule has 0 aliphatic heterocycles. The highest BCUT2D eigenvalue weighted by Crippen LogP contribution is 2.28. The number of amides is 1. The summed E-state index contributed by atoms with van der Waals surface area (Å²) in [7, 11) is 0. The van der Waals surface area contributed by atoms with Gasteiger partial charge >= 0.3 is 0 Å². The lowest BCUT2D eigenvalue weighted by Crippen LogP contribution is -2.14. The Labute approximate surface area is 175 Å². The van der Waals surface area contributed by atoms with Crippen LogP contribution in [0, 0.1) is 20.8 Å². The molecule has 4 aromatic rings. The molecule has 0 fully saturated rings. The number of hydrogen-bond donors (Lipinski definition) is 1. The number of fused-ring (bicyclic) bond motifs is 1. The first-order chi connectivity index (χ1) is 14.4. The van der Waals surface area contributed by atoms with Crippen molar-refractivity contribution in [2.24, 2.45) is 0 Å². The molecule has 0 unspecified atom stereocenters. The molecule has 7 heteroatoms. The molecule has 7 nitrogen and oxygen atoms in total. The van der Waals surface area contributed by atoms with Gasteiger partial charge in [-0.3, -0.25) is 9.48 Å². The average Bonchev–Trinajstić information content (AvgIpc) is 3.27. The summed E-state index contributed by atoms with van der Waals surface area (Å²) in [5.41, 5.74) is 6.61. The van der Waals surface area contributed by atoms with Gasteiger partial charge in [0.1, 0.15) is 0 Å². The van der Waals surface area contributed by atoms with Crippen LogP contribution in [0.15, 0.2) is 36.5 Å². The van der Waals surface area contributed by atoms with Crippen LogP contribution in [0.5, 0.6) is 0 Å². The maximum Gasteiger partial charge on any atom is 0.256 e. The summed E-state index contributed by atoms with van der Waals surface area (Å²) >= 11 is 0. The normalized spacial score (nSPS) is 11.2. The van der Waals surface area contributed by atoms with E-state index in [9.17, 15) is 4.79 Å². The van der Waals surface area contributed by atoms with Crippen LogP contribution < -0.4 is 5.32 Å². The topological polar surface area (TPSA) is 77.6 Å². The van der Waals surface area contributed by atoms with Crippen molar-refractivity contribution in [3.8, 4) is 11.3 Å². The van der Waals surface area contributed by atoms with Crippen molar-refractivity contribution in [3.05, 3.63) is 59.0 Å². The highest BCUT2D eigenvalue weighted by Gasteiger charge is 2.21. The van der Waals surface area contributed by atoms with Gasteiger partial charge < -0.3 is 5.32 Å². The Balaban J connectivity index is 1.86. The van der Waals surface area contributed by atoms with Gasteiger partial charge in [-0.15, -0.1) is 0 Å². The van der Waals surface area contributed by atoms with Crippen LogP contribution in [-0.4, -0.2) is 30.5 Å². The van der Waals surface area contributed by atoms with E-state index in [0.29, 0.717) is 17.8 Å². The molecule has 1 N–H and O–H groups in total. The minimum atomic E-state index is -0.187. The quantitative estimate of drug-likeness (QED) is 0.533.